The third-order valence-corrected chi connectivity index (χ3v) is 5.48. The average Bonchev–Trinajstić information content (AvgIpc) is 2.88. The number of nitrogens with zero attached hydrogens (tertiary/aromatic N) is 1. The second-order valence-electron chi connectivity index (χ2n) is 9.05. The van der Waals surface area contributed by atoms with Gasteiger partial charge in [0.25, 0.3) is 11.8 Å². The van der Waals surface area contributed by atoms with Crippen LogP contribution in [0.15, 0.2) is 71.9 Å². The molecule has 36 heavy (non-hydrogen) atoms. The van der Waals surface area contributed by atoms with Crippen molar-refractivity contribution in [2.45, 2.75) is 26.2 Å². The first kappa shape index (κ1) is 26.0. The largest absolute Gasteiger partial charge is 0.465 e. The number of hydrogen-bond acceptors (Lipinski definition) is 6. The number of methoxy groups -OCH3 is 1. The van der Waals surface area contributed by atoms with Crippen LogP contribution in [0.25, 0.3) is 0 Å². The molecule has 9 heteroatoms. The van der Waals surface area contributed by atoms with Gasteiger partial charge in [-0.15, -0.1) is 0 Å². The number of ether oxygens (including phenoxy) is 1. The molecule has 186 valence electrons. The molecule has 0 aliphatic carbocycles. The van der Waals surface area contributed by atoms with Crippen LogP contribution in [0.3, 0.4) is 0 Å². The van der Waals surface area contributed by atoms with Gasteiger partial charge < -0.3 is 26.3 Å². The standard InChI is InChI=1S/C27H28N4O5/c1-27(2,3)20-11-8-16(9-12-20)24(32)29-21-13-10-19(26(34)36-4)15-22(21)30-25(33)18-7-5-6-17(14-18)23(28)31-35/h5-15,35H,1-4H3,(H2,28,31)(H,29,32)(H,30,33). The minimum absolute atomic E-state index is 0.0544. The Kier molecular flexibility index (Phi) is 7.73. The van der Waals surface area contributed by atoms with E-state index in [1.54, 1.807) is 30.3 Å². The summed E-state index contributed by atoms with van der Waals surface area (Å²) in [6, 6.07) is 17.8. The van der Waals surface area contributed by atoms with Crippen molar-refractivity contribution < 1.29 is 24.3 Å². The minimum atomic E-state index is -0.602. The van der Waals surface area contributed by atoms with Crippen LogP contribution in [0.2, 0.25) is 0 Å². The molecule has 3 aromatic rings. The third-order valence-electron chi connectivity index (χ3n) is 5.48. The summed E-state index contributed by atoms with van der Waals surface area (Å²) < 4.78 is 4.77. The highest BCUT2D eigenvalue weighted by Crippen LogP contribution is 2.26. The number of carbonyl (C=O) groups is 3. The van der Waals surface area contributed by atoms with Crippen molar-refractivity contribution >= 4 is 35.0 Å². The second kappa shape index (κ2) is 10.7. The van der Waals surface area contributed by atoms with E-state index in [4.69, 9.17) is 15.7 Å². The van der Waals surface area contributed by atoms with Crippen LogP contribution in [0, 0.1) is 0 Å². The molecule has 0 aliphatic rings. The maximum Gasteiger partial charge on any atom is 0.337 e. The molecule has 0 spiro atoms. The molecule has 3 rings (SSSR count). The lowest BCUT2D eigenvalue weighted by molar-refractivity contribution is 0.0600. The molecule has 0 saturated carbocycles. The Morgan fingerprint density at radius 1 is 0.806 bits per heavy atom. The molecule has 9 nitrogen and oxygen atoms in total. The maximum atomic E-state index is 13.0. The molecule has 2 amide bonds. The number of nitrogens with one attached hydrogen (secondary N) is 2. The summed E-state index contributed by atoms with van der Waals surface area (Å²) in [6.07, 6.45) is 0. The van der Waals surface area contributed by atoms with E-state index in [1.165, 1.54) is 31.4 Å². The SMILES string of the molecule is COC(=O)c1ccc(NC(=O)c2ccc(C(C)(C)C)cc2)c(NC(=O)c2cccc(/C(N)=N\O)c2)c1. The van der Waals surface area contributed by atoms with E-state index < -0.39 is 11.9 Å². The van der Waals surface area contributed by atoms with E-state index in [9.17, 15) is 14.4 Å². The fourth-order valence-electron chi connectivity index (χ4n) is 3.39. The fraction of sp³-hybridized carbons (Fsp3) is 0.185. The van der Waals surface area contributed by atoms with Crippen LogP contribution < -0.4 is 16.4 Å². The summed E-state index contributed by atoms with van der Waals surface area (Å²) >= 11 is 0. The molecule has 0 bridgehead atoms. The van der Waals surface area contributed by atoms with Gasteiger partial charge in [0.05, 0.1) is 24.0 Å². The van der Waals surface area contributed by atoms with Gasteiger partial charge in [0.15, 0.2) is 5.84 Å². The zero-order valence-corrected chi connectivity index (χ0v) is 20.5. The van der Waals surface area contributed by atoms with Gasteiger partial charge in [-0.2, -0.15) is 0 Å². The van der Waals surface area contributed by atoms with Crippen molar-refractivity contribution in [2.24, 2.45) is 10.9 Å². The molecule has 5 N–H and O–H groups in total. The summed E-state index contributed by atoms with van der Waals surface area (Å²) in [5, 5.41) is 17.3. The van der Waals surface area contributed by atoms with Crippen LogP contribution in [-0.2, 0) is 10.2 Å². The van der Waals surface area contributed by atoms with Crippen molar-refractivity contribution in [1.29, 1.82) is 0 Å². The zero-order chi connectivity index (χ0) is 26.5. The second-order valence-corrected chi connectivity index (χ2v) is 9.05. The number of rotatable bonds is 6. The Morgan fingerprint density at radius 3 is 2.00 bits per heavy atom. The molecular formula is C27H28N4O5. The summed E-state index contributed by atoms with van der Waals surface area (Å²) in [6.45, 7) is 6.25. The summed E-state index contributed by atoms with van der Waals surface area (Å²) in [5.41, 5.74) is 8.32. The van der Waals surface area contributed by atoms with Crippen LogP contribution >= 0.6 is 0 Å². The van der Waals surface area contributed by atoms with Gasteiger partial charge in [0.2, 0.25) is 0 Å². The van der Waals surface area contributed by atoms with Gasteiger partial charge in [0.1, 0.15) is 0 Å². The molecular weight excluding hydrogens is 460 g/mol. The summed E-state index contributed by atoms with van der Waals surface area (Å²) in [5.74, 6) is -1.67. The van der Waals surface area contributed by atoms with Crippen LogP contribution in [-0.4, -0.2) is 35.9 Å². The van der Waals surface area contributed by atoms with E-state index in [1.807, 2.05) is 12.1 Å². The Balaban J connectivity index is 1.91. The van der Waals surface area contributed by atoms with Crippen molar-refractivity contribution in [3.8, 4) is 0 Å². The minimum Gasteiger partial charge on any atom is -0.465 e. The normalized spacial score (nSPS) is 11.5. The lowest BCUT2D eigenvalue weighted by Crippen LogP contribution is -2.19. The fourth-order valence-corrected chi connectivity index (χ4v) is 3.39. The molecule has 0 fully saturated rings. The first-order valence-electron chi connectivity index (χ1n) is 11.1. The van der Waals surface area contributed by atoms with Crippen LogP contribution in [0.1, 0.15) is 63.0 Å². The van der Waals surface area contributed by atoms with Crippen molar-refractivity contribution in [3.63, 3.8) is 0 Å². The number of amides is 2. The number of hydrogen-bond donors (Lipinski definition) is 4. The maximum absolute atomic E-state index is 13.0. The van der Waals surface area contributed by atoms with Gasteiger partial charge in [-0.1, -0.05) is 50.2 Å². The van der Waals surface area contributed by atoms with Crippen molar-refractivity contribution in [3.05, 3.63) is 94.5 Å². The topological polar surface area (TPSA) is 143 Å². The van der Waals surface area contributed by atoms with E-state index in [0.29, 0.717) is 11.1 Å². The molecule has 0 saturated heterocycles. The van der Waals surface area contributed by atoms with Gasteiger partial charge in [-0.05, 0) is 53.4 Å². The molecule has 0 unspecified atom stereocenters. The Morgan fingerprint density at radius 2 is 1.39 bits per heavy atom. The Hall–Kier alpha value is -4.66. The highest BCUT2D eigenvalue weighted by Gasteiger charge is 2.18. The van der Waals surface area contributed by atoms with E-state index in [2.05, 4.69) is 36.6 Å². The summed E-state index contributed by atoms with van der Waals surface area (Å²) in [7, 11) is 1.25. The number of anilines is 2. The van der Waals surface area contributed by atoms with Gasteiger partial charge in [0, 0.05) is 16.7 Å². The highest BCUT2D eigenvalue weighted by molar-refractivity contribution is 6.11. The molecule has 0 aromatic heterocycles. The Bertz CT molecular complexity index is 1320. The van der Waals surface area contributed by atoms with Gasteiger partial charge in [-0.3, -0.25) is 9.59 Å². The lowest BCUT2D eigenvalue weighted by atomic mass is 9.87. The predicted octanol–water partition coefficient (Wildman–Crippen LogP) is 4.37. The summed E-state index contributed by atoms with van der Waals surface area (Å²) in [4.78, 5) is 38.0. The van der Waals surface area contributed by atoms with Crippen LogP contribution in [0.4, 0.5) is 11.4 Å². The molecule has 3 aromatic carbocycles. The third kappa shape index (κ3) is 6.06. The zero-order valence-electron chi connectivity index (χ0n) is 20.5. The number of nitrogens with two attached hydrogens (primary N) is 1. The van der Waals surface area contributed by atoms with E-state index >= 15 is 0 Å². The highest BCUT2D eigenvalue weighted by atomic mass is 16.5. The van der Waals surface area contributed by atoms with Gasteiger partial charge in [-0.25, -0.2) is 4.79 Å². The number of oxime groups is 1. The monoisotopic (exact) mass is 488 g/mol. The number of benzene rings is 3. The van der Waals surface area contributed by atoms with Crippen LogP contribution in [0.5, 0.6) is 0 Å². The lowest BCUT2D eigenvalue weighted by Gasteiger charge is -2.19. The average molecular weight is 489 g/mol. The molecule has 0 atom stereocenters. The first-order valence-corrected chi connectivity index (χ1v) is 11.1. The number of amidine groups is 1. The van der Waals surface area contributed by atoms with E-state index in [-0.39, 0.29) is 39.7 Å². The Labute approximate surface area is 209 Å². The molecule has 0 aliphatic heterocycles. The predicted molar refractivity (Wildman–Crippen MR) is 138 cm³/mol. The molecule has 0 radical (unpaired) electrons. The van der Waals surface area contributed by atoms with E-state index in [0.717, 1.165) is 5.56 Å². The number of carbonyl (C=O) groups excluding carboxylic acids is 3. The molecule has 0 heterocycles. The van der Waals surface area contributed by atoms with Crippen molar-refractivity contribution in [2.75, 3.05) is 17.7 Å². The first-order chi connectivity index (χ1) is 17.0. The quantitative estimate of drug-likeness (QED) is 0.133. The smallest absolute Gasteiger partial charge is 0.337 e. The van der Waals surface area contributed by atoms with Crippen molar-refractivity contribution in [1.82, 2.24) is 0 Å². The van der Waals surface area contributed by atoms with Gasteiger partial charge >= 0.3 is 5.97 Å². The number of esters is 1.